The number of nitrogens with two attached hydrogens (primary N) is 1. The van der Waals surface area contributed by atoms with Crippen molar-refractivity contribution < 1.29 is 0 Å². The van der Waals surface area contributed by atoms with Crippen LogP contribution in [0.3, 0.4) is 0 Å². The van der Waals surface area contributed by atoms with Gasteiger partial charge in [-0.3, -0.25) is 4.90 Å². The number of nitrogens with one attached hydrogen (secondary N) is 1. The van der Waals surface area contributed by atoms with Gasteiger partial charge in [-0.05, 0) is 7.05 Å². The molecule has 7 heteroatoms. The average molecular weight is 292 g/mol. The van der Waals surface area contributed by atoms with Gasteiger partial charge in [-0.1, -0.05) is 0 Å². The Hall–Kier alpha value is -1.28. The first-order valence-corrected chi connectivity index (χ1v) is 7.71. The number of H-pyrrole nitrogens is 1. The average Bonchev–Trinajstić information content (AvgIpc) is 3.13. The summed E-state index contributed by atoms with van der Waals surface area (Å²) in [5.41, 5.74) is 7.75. The third kappa shape index (κ3) is 2.76. The summed E-state index contributed by atoms with van der Waals surface area (Å²) in [5.74, 6) is 0. The van der Waals surface area contributed by atoms with E-state index in [9.17, 15) is 0 Å². The first kappa shape index (κ1) is 13.7. The van der Waals surface area contributed by atoms with Crippen LogP contribution in [0.25, 0.3) is 0 Å². The molecule has 1 aliphatic rings. The van der Waals surface area contributed by atoms with Crippen LogP contribution in [0.1, 0.15) is 22.4 Å². The summed E-state index contributed by atoms with van der Waals surface area (Å²) < 4.78 is 0. The Morgan fingerprint density at radius 3 is 2.80 bits per heavy atom. The Labute approximate surface area is 122 Å². The molecule has 0 aromatic carbocycles. The highest BCUT2D eigenvalue weighted by molar-refractivity contribution is 7.09. The third-order valence-electron chi connectivity index (χ3n) is 3.73. The molecule has 3 heterocycles. The Morgan fingerprint density at radius 2 is 2.20 bits per heavy atom. The number of imidazole rings is 1. The number of aromatic nitrogens is 3. The molecule has 1 saturated heterocycles. The SMILES string of the molecule is CN1CCN(C(c2cnc[nH]2)c2nc(CN)cs2)CC1. The van der Waals surface area contributed by atoms with Crippen molar-refractivity contribution in [2.45, 2.75) is 12.6 Å². The van der Waals surface area contributed by atoms with Crippen LogP contribution in [0.4, 0.5) is 0 Å². The lowest BCUT2D eigenvalue weighted by atomic mass is 10.1. The highest BCUT2D eigenvalue weighted by Gasteiger charge is 2.28. The number of piperazine rings is 1. The van der Waals surface area contributed by atoms with Crippen molar-refractivity contribution in [3.05, 3.63) is 34.3 Å². The van der Waals surface area contributed by atoms with Crippen molar-refractivity contribution in [3.63, 3.8) is 0 Å². The first-order valence-electron chi connectivity index (χ1n) is 6.83. The maximum absolute atomic E-state index is 5.68. The summed E-state index contributed by atoms with van der Waals surface area (Å²) in [7, 11) is 2.17. The van der Waals surface area contributed by atoms with Crippen LogP contribution in [0.15, 0.2) is 17.9 Å². The van der Waals surface area contributed by atoms with Gasteiger partial charge in [0.15, 0.2) is 0 Å². The van der Waals surface area contributed by atoms with Crippen molar-refractivity contribution in [2.75, 3.05) is 33.2 Å². The standard InChI is InChI=1S/C13H20N6S/c1-18-2-4-19(5-3-18)12(11-7-15-9-16-11)13-17-10(6-14)8-20-13/h7-9,12H,2-6,14H2,1H3,(H,15,16). The van der Waals surface area contributed by atoms with Crippen molar-refractivity contribution >= 4 is 11.3 Å². The van der Waals surface area contributed by atoms with Crippen LogP contribution in [0, 0.1) is 0 Å². The van der Waals surface area contributed by atoms with Crippen LogP contribution in [-0.2, 0) is 6.54 Å². The second-order valence-corrected chi connectivity index (χ2v) is 6.02. The monoisotopic (exact) mass is 292 g/mol. The largest absolute Gasteiger partial charge is 0.347 e. The number of aromatic amines is 1. The normalized spacial score (nSPS) is 19.3. The van der Waals surface area contributed by atoms with Gasteiger partial charge in [0.25, 0.3) is 0 Å². The summed E-state index contributed by atoms with van der Waals surface area (Å²) in [5, 5.41) is 3.15. The number of hydrogen-bond acceptors (Lipinski definition) is 6. The predicted octanol–water partition coefficient (Wildman–Crippen LogP) is 0.662. The molecule has 0 spiro atoms. The van der Waals surface area contributed by atoms with Crippen LogP contribution < -0.4 is 5.73 Å². The predicted molar refractivity (Wildman–Crippen MR) is 79.5 cm³/mol. The van der Waals surface area contributed by atoms with Gasteiger partial charge in [0.05, 0.1) is 17.7 Å². The van der Waals surface area contributed by atoms with Crippen molar-refractivity contribution in [2.24, 2.45) is 5.73 Å². The number of nitrogens with zero attached hydrogens (tertiary/aromatic N) is 4. The minimum absolute atomic E-state index is 0.163. The van der Waals surface area contributed by atoms with Crippen LogP contribution >= 0.6 is 11.3 Å². The molecule has 0 amide bonds. The van der Waals surface area contributed by atoms with Gasteiger partial charge >= 0.3 is 0 Å². The second kappa shape index (κ2) is 6.01. The zero-order valence-corrected chi connectivity index (χ0v) is 12.4. The Bertz CT molecular complexity index is 529. The lowest BCUT2D eigenvalue weighted by molar-refractivity contribution is 0.125. The molecule has 3 rings (SSSR count). The van der Waals surface area contributed by atoms with Crippen LogP contribution in [0.2, 0.25) is 0 Å². The molecule has 0 radical (unpaired) electrons. The molecule has 1 aliphatic heterocycles. The number of hydrogen-bond donors (Lipinski definition) is 2. The topological polar surface area (TPSA) is 74.1 Å². The van der Waals surface area contributed by atoms with Crippen LogP contribution in [-0.4, -0.2) is 58.0 Å². The molecule has 2 aromatic heterocycles. The van der Waals surface area contributed by atoms with E-state index >= 15 is 0 Å². The van der Waals surface area contributed by atoms with E-state index < -0.39 is 0 Å². The van der Waals surface area contributed by atoms with Crippen LogP contribution in [0.5, 0.6) is 0 Å². The summed E-state index contributed by atoms with van der Waals surface area (Å²) in [6.45, 7) is 4.74. The van der Waals surface area contributed by atoms with E-state index in [0.717, 1.165) is 42.6 Å². The number of likely N-dealkylation sites (N-methyl/N-ethyl adjacent to an activating group) is 1. The van der Waals surface area contributed by atoms with E-state index in [1.807, 2.05) is 6.20 Å². The Kier molecular flexibility index (Phi) is 4.11. The van der Waals surface area contributed by atoms with Gasteiger partial charge < -0.3 is 15.6 Å². The lowest BCUT2D eigenvalue weighted by Crippen LogP contribution is -2.46. The minimum Gasteiger partial charge on any atom is -0.347 e. The molecular formula is C13H20N6S. The Balaban J connectivity index is 1.88. The van der Waals surface area contributed by atoms with Crippen molar-refractivity contribution in [1.29, 1.82) is 0 Å². The van der Waals surface area contributed by atoms with Gasteiger partial charge in [0.2, 0.25) is 0 Å². The molecule has 2 aromatic rings. The van der Waals surface area contributed by atoms with Gasteiger partial charge in [-0.15, -0.1) is 11.3 Å². The van der Waals surface area contributed by atoms with E-state index in [1.54, 1.807) is 17.7 Å². The molecule has 0 aliphatic carbocycles. The summed E-state index contributed by atoms with van der Waals surface area (Å²) >= 11 is 1.68. The first-order chi connectivity index (χ1) is 9.78. The fourth-order valence-corrected chi connectivity index (χ4v) is 3.50. The molecule has 20 heavy (non-hydrogen) atoms. The van der Waals surface area contributed by atoms with E-state index in [0.29, 0.717) is 6.54 Å². The van der Waals surface area contributed by atoms with E-state index in [-0.39, 0.29) is 6.04 Å². The molecule has 6 nitrogen and oxygen atoms in total. The summed E-state index contributed by atoms with van der Waals surface area (Å²) in [6.07, 6.45) is 3.63. The maximum atomic E-state index is 5.68. The maximum Gasteiger partial charge on any atom is 0.116 e. The zero-order chi connectivity index (χ0) is 13.9. The Morgan fingerprint density at radius 1 is 1.40 bits per heavy atom. The van der Waals surface area contributed by atoms with Crippen molar-refractivity contribution in [3.8, 4) is 0 Å². The third-order valence-corrected chi connectivity index (χ3v) is 4.68. The van der Waals surface area contributed by atoms with E-state index in [1.165, 1.54) is 0 Å². The van der Waals surface area contributed by atoms with Gasteiger partial charge in [0.1, 0.15) is 11.0 Å². The molecule has 108 valence electrons. The molecule has 3 N–H and O–H groups in total. The smallest absolute Gasteiger partial charge is 0.116 e. The molecule has 1 fully saturated rings. The second-order valence-electron chi connectivity index (χ2n) is 5.13. The van der Waals surface area contributed by atoms with E-state index in [2.05, 4.69) is 37.2 Å². The summed E-state index contributed by atoms with van der Waals surface area (Å²) in [4.78, 5) is 16.9. The fraction of sp³-hybridized carbons (Fsp3) is 0.538. The molecule has 0 bridgehead atoms. The number of thiazole rings is 1. The minimum atomic E-state index is 0.163. The fourth-order valence-electron chi connectivity index (χ4n) is 2.52. The highest BCUT2D eigenvalue weighted by Crippen LogP contribution is 2.30. The molecule has 0 saturated carbocycles. The van der Waals surface area contributed by atoms with Gasteiger partial charge in [-0.25, -0.2) is 9.97 Å². The highest BCUT2D eigenvalue weighted by atomic mass is 32.1. The van der Waals surface area contributed by atoms with E-state index in [4.69, 9.17) is 5.73 Å². The quantitative estimate of drug-likeness (QED) is 0.866. The number of rotatable bonds is 4. The molecular weight excluding hydrogens is 272 g/mol. The van der Waals surface area contributed by atoms with Crippen molar-refractivity contribution in [1.82, 2.24) is 24.8 Å². The van der Waals surface area contributed by atoms with Gasteiger partial charge in [0, 0.05) is 44.3 Å². The molecule has 1 atom stereocenters. The molecule has 1 unspecified atom stereocenters. The summed E-state index contributed by atoms with van der Waals surface area (Å²) in [6, 6.07) is 0.163. The van der Waals surface area contributed by atoms with Gasteiger partial charge in [-0.2, -0.15) is 0 Å². The zero-order valence-electron chi connectivity index (χ0n) is 11.6. The lowest BCUT2D eigenvalue weighted by Gasteiger charge is -2.36.